The van der Waals surface area contributed by atoms with Crippen molar-refractivity contribution >= 4 is 28.7 Å². The molecule has 0 fully saturated rings. The van der Waals surface area contributed by atoms with Crippen LogP contribution in [0.4, 0.5) is 8.78 Å². The van der Waals surface area contributed by atoms with E-state index in [1.54, 1.807) is 0 Å². The van der Waals surface area contributed by atoms with Crippen molar-refractivity contribution in [2.45, 2.75) is 25.1 Å². The topological polar surface area (TPSA) is 85.3 Å². The zero-order chi connectivity index (χ0) is 20.0. The number of nitrogens with zero attached hydrogens (tertiary/aromatic N) is 1. The molecule has 0 radical (unpaired) electrons. The molecule has 2 N–H and O–H groups in total. The SMILES string of the molecule is C[S+]([O-])CCC[C@@](F)(C(=O)NCc1ccc(F)cc1Cl)c1cccnc1O. The molecule has 9 heteroatoms. The van der Waals surface area contributed by atoms with Crippen LogP contribution < -0.4 is 5.32 Å². The van der Waals surface area contributed by atoms with Crippen molar-refractivity contribution in [3.05, 3.63) is 58.5 Å². The highest BCUT2D eigenvalue weighted by molar-refractivity contribution is 7.90. The Morgan fingerprint density at radius 1 is 1.44 bits per heavy atom. The van der Waals surface area contributed by atoms with Gasteiger partial charge < -0.3 is 15.0 Å². The summed E-state index contributed by atoms with van der Waals surface area (Å²) in [5.41, 5.74) is -2.42. The number of halogens is 3. The van der Waals surface area contributed by atoms with Crippen molar-refractivity contribution in [3.63, 3.8) is 0 Å². The normalized spacial score (nSPS) is 14.4. The largest absolute Gasteiger partial charge is 0.617 e. The van der Waals surface area contributed by atoms with Gasteiger partial charge in [0.1, 0.15) is 11.6 Å². The van der Waals surface area contributed by atoms with Gasteiger partial charge in [-0.1, -0.05) is 28.8 Å². The number of rotatable bonds is 8. The Morgan fingerprint density at radius 3 is 2.81 bits per heavy atom. The van der Waals surface area contributed by atoms with Crippen molar-refractivity contribution in [3.8, 4) is 5.88 Å². The lowest BCUT2D eigenvalue weighted by Gasteiger charge is -2.25. The molecule has 0 aliphatic heterocycles. The molecule has 27 heavy (non-hydrogen) atoms. The van der Waals surface area contributed by atoms with Gasteiger partial charge in [0.2, 0.25) is 11.5 Å². The molecule has 0 spiro atoms. The van der Waals surface area contributed by atoms with Crippen LogP contribution >= 0.6 is 11.6 Å². The summed E-state index contributed by atoms with van der Waals surface area (Å²) in [7, 11) is 0. The van der Waals surface area contributed by atoms with Crippen molar-refractivity contribution in [1.82, 2.24) is 10.3 Å². The number of nitrogens with one attached hydrogen (secondary N) is 1. The average Bonchev–Trinajstić information content (AvgIpc) is 2.60. The summed E-state index contributed by atoms with van der Waals surface area (Å²) >= 11 is 4.78. The highest BCUT2D eigenvalue weighted by Crippen LogP contribution is 2.36. The predicted octanol–water partition coefficient (Wildman–Crippen LogP) is 3.22. The Balaban J connectivity index is 2.21. The Hall–Kier alpha value is -1.90. The van der Waals surface area contributed by atoms with E-state index >= 15 is 4.39 Å². The molecule has 5 nitrogen and oxygen atoms in total. The molecule has 2 aromatic rings. The van der Waals surface area contributed by atoms with E-state index in [0.29, 0.717) is 5.56 Å². The molecular weight excluding hydrogens is 398 g/mol. The number of carbonyl (C=O) groups is 1. The number of benzene rings is 1. The first-order chi connectivity index (χ1) is 12.7. The third-order valence-corrected chi connectivity index (χ3v) is 5.20. The van der Waals surface area contributed by atoms with Crippen LogP contribution in [0.15, 0.2) is 36.5 Å². The van der Waals surface area contributed by atoms with Crippen molar-refractivity contribution < 1.29 is 23.2 Å². The molecule has 2 rings (SSSR count). The maximum Gasteiger partial charge on any atom is 0.262 e. The zero-order valence-electron chi connectivity index (χ0n) is 14.5. The number of hydrogen-bond donors (Lipinski definition) is 2. The molecule has 1 aromatic heterocycles. The molecule has 146 valence electrons. The average molecular weight is 417 g/mol. The lowest BCUT2D eigenvalue weighted by molar-refractivity contribution is -0.134. The van der Waals surface area contributed by atoms with Gasteiger partial charge in [0, 0.05) is 17.8 Å². The summed E-state index contributed by atoms with van der Waals surface area (Å²) in [4.78, 5) is 16.3. The van der Waals surface area contributed by atoms with Crippen LogP contribution in [0.1, 0.15) is 24.0 Å². The van der Waals surface area contributed by atoms with Crippen molar-refractivity contribution in [2.24, 2.45) is 0 Å². The second-order valence-corrected chi connectivity index (χ2v) is 7.94. The van der Waals surface area contributed by atoms with Crippen molar-refractivity contribution in [1.29, 1.82) is 0 Å². The van der Waals surface area contributed by atoms with Crippen LogP contribution in [0.25, 0.3) is 0 Å². The van der Waals surface area contributed by atoms with Gasteiger partial charge in [-0.3, -0.25) is 4.79 Å². The van der Waals surface area contributed by atoms with Gasteiger partial charge >= 0.3 is 0 Å². The van der Waals surface area contributed by atoms with E-state index in [0.717, 1.165) is 6.07 Å². The maximum absolute atomic E-state index is 15.7. The Bertz CT molecular complexity index is 810. The van der Waals surface area contributed by atoms with E-state index in [1.807, 2.05) is 0 Å². The van der Waals surface area contributed by atoms with Crippen LogP contribution in [-0.4, -0.2) is 32.6 Å². The Labute approximate surface area is 163 Å². The van der Waals surface area contributed by atoms with Crippen molar-refractivity contribution in [2.75, 3.05) is 12.0 Å². The van der Waals surface area contributed by atoms with Gasteiger partial charge in [0.05, 0.1) is 11.8 Å². The van der Waals surface area contributed by atoms with Crippen LogP contribution in [0.2, 0.25) is 5.02 Å². The van der Waals surface area contributed by atoms with Gasteiger partial charge in [-0.15, -0.1) is 0 Å². The molecule has 1 aromatic carbocycles. The number of alkyl halides is 1. The molecule has 1 unspecified atom stereocenters. The van der Waals surface area contributed by atoms with E-state index < -0.39 is 34.4 Å². The van der Waals surface area contributed by atoms with E-state index in [9.17, 15) is 18.8 Å². The Kier molecular flexibility index (Phi) is 7.41. The summed E-state index contributed by atoms with van der Waals surface area (Å²) in [6.45, 7) is -0.121. The van der Waals surface area contributed by atoms with Gasteiger partial charge in [0.25, 0.3) is 5.91 Å². The first-order valence-corrected chi connectivity index (χ1v) is 10.2. The molecular formula is C18H19ClF2N2O3S. The summed E-state index contributed by atoms with van der Waals surface area (Å²) in [6.07, 6.45) is 2.64. The van der Waals surface area contributed by atoms with E-state index in [2.05, 4.69) is 10.3 Å². The molecule has 0 saturated heterocycles. The number of hydrogen-bond acceptors (Lipinski definition) is 4. The molecule has 2 atom stereocenters. The molecule has 0 saturated carbocycles. The van der Waals surface area contributed by atoms with Crippen LogP contribution in [-0.2, 0) is 28.2 Å². The van der Waals surface area contributed by atoms with Crippen LogP contribution in [0.3, 0.4) is 0 Å². The van der Waals surface area contributed by atoms with Gasteiger partial charge in [-0.25, -0.2) is 13.8 Å². The first-order valence-electron chi connectivity index (χ1n) is 8.09. The first kappa shape index (κ1) is 21.4. The van der Waals surface area contributed by atoms with Crippen LogP contribution in [0.5, 0.6) is 5.88 Å². The fourth-order valence-corrected chi connectivity index (χ4v) is 3.36. The number of aromatic nitrogens is 1. The minimum Gasteiger partial charge on any atom is -0.617 e. The molecule has 0 bridgehead atoms. The molecule has 1 amide bonds. The fraction of sp³-hybridized carbons (Fsp3) is 0.333. The molecule has 1 heterocycles. The zero-order valence-corrected chi connectivity index (χ0v) is 16.1. The minimum absolute atomic E-state index is 0.102. The molecule has 0 aliphatic carbocycles. The second-order valence-electron chi connectivity index (χ2n) is 5.98. The summed E-state index contributed by atoms with van der Waals surface area (Å²) in [5, 5.41) is 12.4. The minimum atomic E-state index is -2.57. The maximum atomic E-state index is 15.7. The number of aromatic hydroxyl groups is 1. The van der Waals surface area contributed by atoms with Gasteiger partial charge in [0.15, 0.2) is 0 Å². The van der Waals surface area contributed by atoms with E-state index in [1.165, 1.54) is 36.7 Å². The molecule has 0 aliphatic rings. The lowest BCUT2D eigenvalue weighted by Crippen LogP contribution is -2.41. The highest BCUT2D eigenvalue weighted by Gasteiger charge is 2.42. The predicted molar refractivity (Wildman–Crippen MR) is 100 cm³/mol. The van der Waals surface area contributed by atoms with E-state index in [-0.39, 0.29) is 35.7 Å². The van der Waals surface area contributed by atoms with Gasteiger partial charge in [-0.05, 0) is 42.7 Å². The van der Waals surface area contributed by atoms with E-state index in [4.69, 9.17) is 11.6 Å². The third kappa shape index (κ3) is 5.54. The summed E-state index contributed by atoms with van der Waals surface area (Å²) in [6, 6.07) is 6.34. The number of amides is 1. The number of pyridine rings is 1. The van der Waals surface area contributed by atoms with Gasteiger partial charge in [-0.2, -0.15) is 0 Å². The lowest BCUT2D eigenvalue weighted by atomic mass is 9.90. The summed E-state index contributed by atoms with van der Waals surface area (Å²) in [5.74, 6) is -1.90. The van der Waals surface area contributed by atoms with Crippen LogP contribution in [0, 0.1) is 5.82 Å². The standard InChI is InChI=1S/C18H19ClF2N2O3S/c1-27(26)9-3-7-18(21,14-4-2-8-22-16(14)24)17(25)23-11-12-5-6-13(20)10-15(12)19/h2,4-6,8,10H,3,7,9,11H2,1H3,(H,22,24)(H,23,25)/t18-,27?/m0/s1. The summed E-state index contributed by atoms with van der Waals surface area (Å²) < 4.78 is 40.1. The smallest absolute Gasteiger partial charge is 0.262 e. The second kappa shape index (κ2) is 9.34. The third-order valence-electron chi connectivity index (χ3n) is 3.98. The quantitative estimate of drug-likeness (QED) is 0.647. The number of carbonyl (C=O) groups excluding carboxylic acids is 1. The fourth-order valence-electron chi connectivity index (χ4n) is 2.58. The Morgan fingerprint density at radius 2 is 2.19 bits per heavy atom. The highest BCUT2D eigenvalue weighted by atomic mass is 35.5. The monoisotopic (exact) mass is 416 g/mol.